The molecular weight excluding hydrogens is 226 g/mol. The molecule has 0 radical (unpaired) electrons. The highest BCUT2D eigenvalue weighted by Crippen LogP contribution is 2.31. The van der Waals surface area contributed by atoms with Gasteiger partial charge in [-0.2, -0.15) is 0 Å². The van der Waals surface area contributed by atoms with Crippen molar-refractivity contribution < 1.29 is 14.6 Å². The first kappa shape index (κ1) is 9.12. The molecule has 0 aromatic heterocycles. The normalized spacial score (nSPS) is 22.5. The van der Waals surface area contributed by atoms with Crippen molar-refractivity contribution in [3.05, 3.63) is 22.0 Å². The third kappa shape index (κ3) is 1.32. The summed E-state index contributed by atoms with van der Waals surface area (Å²) in [6.45, 7) is 0. The molecule has 0 saturated heterocycles. The third-order valence-corrected chi connectivity index (χ3v) is 2.44. The fourth-order valence-electron chi connectivity index (χ4n) is 0.923. The molecule has 0 spiro atoms. The number of esters is 1. The number of aliphatic hydroxyl groups excluding tert-OH is 1. The Kier molecular flexibility index (Phi) is 2.42. The first-order chi connectivity index (χ1) is 5.57. The van der Waals surface area contributed by atoms with E-state index in [1.54, 1.807) is 0 Å². The molecule has 3 N–H and O–H groups in total. The lowest BCUT2D eigenvalue weighted by Crippen LogP contribution is -2.14. The third-order valence-electron chi connectivity index (χ3n) is 1.57. The number of ether oxygens (including phenoxy) is 1. The van der Waals surface area contributed by atoms with E-state index in [0.29, 0.717) is 10.2 Å². The molecule has 1 unspecified atom stereocenters. The van der Waals surface area contributed by atoms with Crippen molar-refractivity contribution >= 4 is 21.9 Å². The van der Waals surface area contributed by atoms with Crippen molar-refractivity contribution in [2.75, 3.05) is 7.11 Å². The predicted octanol–water partition coefficient (Wildman–Crippen LogP) is 0.796. The van der Waals surface area contributed by atoms with Gasteiger partial charge in [0.1, 0.15) is 11.7 Å². The summed E-state index contributed by atoms with van der Waals surface area (Å²) in [6.07, 6.45) is 1.44. The highest BCUT2D eigenvalue weighted by molar-refractivity contribution is 9.12. The molecular formula is C7H8BrNO3. The topological polar surface area (TPSA) is 72.5 Å². The van der Waals surface area contributed by atoms with E-state index in [9.17, 15) is 9.90 Å². The van der Waals surface area contributed by atoms with E-state index >= 15 is 0 Å². The quantitative estimate of drug-likeness (QED) is 0.658. The first-order valence-electron chi connectivity index (χ1n) is 3.22. The van der Waals surface area contributed by atoms with E-state index < -0.39 is 11.9 Å². The molecule has 0 heterocycles. The Morgan fingerprint density at radius 1 is 1.83 bits per heavy atom. The molecule has 1 aliphatic carbocycles. The van der Waals surface area contributed by atoms with E-state index in [0.717, 1.165) is 0 Å². The van der Waals surface area contributed by atoms with Gasteiger partial charge >= 0.3 is 5.97 Å². The van der Waals surface area contributed by atoms with Gasteiger partial charge in [-0.05, 0) is 22.0 Å². The second kappa shape index (κ2) is 3.18. The van der Waals surface area contributed by atoms with Crippen LogP contribution in [0.5, 0.6) is 0 Å². The summed E-state index contributed by atoms with van der Waals surface area (Å²) < 4.78 is 4.81. The van der Waals surface area contributed by atoms with E-state index in [1.165, 1.54) is 13.2 Å². The monoisotopic (exact) mass is 233 g/mol. The summed E-state index contributed by atoms with van der Waals surface area (Å²) in [4.78, 5) is 11.0. The number of carbonyl (C=O) groups excluding carboxylic acids is 1. The molecule has 0 aromatic rings. The van der Waals surface area contributed by atoms with Crippen LogP contribution in [0.15, 0.2) is 22.0 Å². The molecule has 66 valence electrons. The summed E-state index contributed by atoms with van der Waals surface area (Å²) in [7, 11) is 1.26. The number of allylic oxidation sites excluding steroid dienone is 1. The number of halogens is 1. The maximum absolute atomic E-state index is 11.0. The SMILES string of the molecule is COC(=O)C1C=C(N)C(Br)=C1O. The largest absolute Gasteiger partial charge is 0.510 e. The average Bonchev–Trinajstić information content (AvgIpc) is 2.32. The summed E-state index contributed by atoms with van der Waals surface area (Å²) in [5.41, 5.74) is 5.79. The predicted molar refractivity (Wildman–Crippen MR) is 46.4 cm³/mol. The van der Waals surface area contributed by atoms with Gasteiger partial charge in [0.2, 0.25) is 0 Å². The summed E-state index contributed by atoms with van der Waals surface area (Å²) in [6, 6.07) is 0. The van der Waals surface area contributed by atoms with Crippen molar-refractivity contribution in [1.82, 2.24) is 0 Å². The van der Waals surface area contributed by atoms with Gasteiger partial charge in [0, 0.05) is 5.70 Å². The number of hydrogen-bond donors (Lipinski definition) is 2. The number of nitrogens with two attached hydrogens (primary N) is 1. The van der Waals surface area contributed by atoms with Gasteiger partial charge in [-0.3, -0.25) is 4.79 Å². The lowest BCUT2D eigenvalue weighted by molar-refractivity contribution is -0.143. The van der Waals surface area contributed by atoms with Crippen LogP contribution < -0.4 is 5.73 Å². The van der Waals surface area contributed by atoms with Crippen molar-refractivity contribution in [1.29, 1.82) is 0 Å². The molecule has 1 rings (SSSR count). The van der Waals surface area contributed by atoms with Crippen molar-refractivity contribution in [3.8, 4) is 0 Å². The zero-order chi connectivity index (χ0) is 9.30. The number of hydrogen-bond acceptors (Lipinski definition) is 4. The van der Waals surface area contributed by atoms with E-state index in [4.69, 9.17) is 5.73 Å². The Hall–Kier alpha value is -0.970. The Balaban J connectivity index is 2.93. The molecule has 0 fully saturated rings. The molecule has 0 aromatic carbocycles. The van der Waals surface area contributed by atoms with Crippen LogP contribution >= 0.6 is 15.9 Å². The van der Waals surface area contributed by atoms with Gasteiger partial charge in [-0.15, -0.1) is 0 Å². The van der Waals surface area contributed by atoms with Crippen molar-refractivity contribution in [3.63, 3.8) is 0 Å². The molecule has 1 aliphatic rings. The van der Waals surface area contributed by atoms with Crippen LogP contribution in [0.2, 0.25) is 0 Å². The van der Waals surface area contributed by atoms with Crippen LogP contribution in [0.1, 0.15) is 0 Å². The second-order valence-electron chi connectivity index (χ2n) is 2.32. The highest BCUT2D eigenvalue weighted by Gasteiger charge is 2.29. The van der Waals surface area contributed by atoms with E-state index in [-0.39, 0.29) is 5.76 Å². The average molecular weight is 234 g/mol. The van der Waals surface area contributed by atoms with Crippen molar-refractivity contribution in [2.24, 2.45) is 11.7 Å². The summed E-state index contributed by atoms with van der Waals surface area (Å²) in [5.74, 6) is -1.38. The van der Waals surface area contributed by atoms with Crippen LogP contribution in [-0.2, 0) is 9.53 Å². The summed E-state index contributed by atoms with van der Waals surface area (Å²) in [5, 5.41) is 9.33. The number of carbonyl (C=O) groups is 1. The maximum atomic E-state index is 11.0. The maximum Gasteiger partial charge on any atom is 0.320 e. The molecule has 4 nitrogen and oxygen atoms in total. The Labute approximate surface area is 77.8 Å². The standard InChI is InChI=1S/C7H8BrNO3/c1-12-7(11)3-2-4(9)5(8)6(3)10/h2-3,10H,9H2,1H3. The van der Waals surface area contributed by atoms with Crippen LogP contribution in [0, 0.1) is 5.92 Å². The van der Waals surface area contributed by atoms with Gasteiger partial charge in [0.25, 0.3) is 0 Å². The molecule has 12 heavy (non-hydrogen) atoms. The summed E-state index contributed by atoms with van der Waals surface area (Å²) >= 11 is 3.04. The van der Waals surface area contributed by atoms with E-state index in [1.807, 2.05) is 0 Å². The zero-order valence-electron chi connectivity index (χ0n) is 6.37. The first-order valence-corrected chi connectivity index (χ1v) is 4.01. The number of rotatable bonds is 1. The van der Waals surface area contributed by atoms with Crippen LogP contribution in [-0.4, -0.2) is 18.2 Å². The zero-order valence-corrected chi connectivity index (χ0v) is 7.96. The minimum absolute atomic E-state index is 0.0978. The Bertz CT molecular complexity index is 282. The Morgan fingerprint density at radius 3 is 2.75 bits per heavy atom. The van der Waals surface area contributed by atoms with Crippen LogP contribution in [0.3, 0.4) is 0 Å². The molecule has 0 bridgehead atoms. The van der Waals surface area contributed by atoms with Crippen LogP contribution in [0.25, 0.3) is 0 Å². The smallest absolute Gasteiger partial charge is 0.320 e. The molecule has 0 amide bonds. The highest BCUT2D eigenvalue weighted by atomic mass is 79.9. The van der Waals surface area contributed by atoms with Gasteiger partial charge in [-0.1, -0.05) is 0 Å². The minimum Gasteiger partial charge on any atom is -0.510 e. The lowest BCUT2D eigenvalue weighted by Gasteiger charge is -2.04. The fourth-order valence-corrected chi connectivity index (χ4v) is 1.30. The molecule has 0 saturated carbocycles. The number of methoxy groups -OCH3 is 1. The van der Waals surface area contributed by atoms with Crippen molar-refractivity contribution in [2.45, 2.75) is 0 Å². The van der Waals surface area contributed by atoms with Gasteiger partial charge in [0.05, 0.1) is 11.6 Å². The minimum atomic E-state index is -0.760. The lowest BCUT2D eigenvalue weighted by atomic mass is 10.1. The molecule has 5 heteroatoms. The molecule has 1 atom stereocenters. The van der Waals surface area contributed by atoms with Gasteiger partial charge in [0.15, 0.2) is 0 Å². The second-order valence-corrected chi connectivity index (χ2v) is 3.12. The van der Waals surface area contributed by atoms with Gasteiger partial charge < -0.3 is 15.6 Å². The fraction of sp³-hybridized carbons (Fsp3) is 0.286. The Morgan fingerprint density at radius 2 is 2.42 bits per heavy atom. The van der Waals surface area contributed by atoms with Crippen LogP contribution in [0.4, 0.5) is 0 Å². The van der Waals surface area contributed by atoms with Gasteiger partial charge in [-0.25, -0.2) is 0 Å². The number of aliphatic hydroxyl groups is 1. The van der Waals surface area contributed by atoms with E-state index in [2.05, 4.69) is 20.7 Å². The molecule has 0 aliphatic heterocycles.